The molecule has 4 unspecified atom stereocenters. The van der Waals surface area contributed by atoms with Gasteiger partial charge in [0.2, 0.25) is 17.7 Å². The molecule has 0 fully saturated rings. The minimum atomic E-state index is -1.21. The number of unbranched alkanes of at least 4 members (excludes halogenated alkanes) is 1. The summed E-state index contributed by atoms with van der Waals surface area (Å²) >= 11 is 0. The summed E-state index contributed by atoms with van der Waals surface area (Å²) in [5, 5.41) is 17.3. The first-order valence-electron chi connectivity index (χ1n) is 11.1. The maximum absolute atomic E-state index is 13.0. The van der Waals surface area contributed by atoms with E-state index in [1.807, 2.05) is 13.8 Å². The number of carboxylic acids is 1. The van der Waals surface area contributed by atoms with Gasteiger partial charge in [-0.25, -0.2) is 9.78 Å². The molecule has 1 heterocycles. The van der Waals surface area contributed by atoms with Crippen LogP contribution in [0.15, 0.2) is 12.5 Å². The maximum atomic E-state index is 13.0. The lowest BCUT2D eigenvalue weighted by atomic mass is 10.0. The number of carbonyl (C=O) groups excluding carboxylic acids is 3. The van der Waals surface area contributed by atoms with E-state index >= 15 is 0 Å². The van der Waals surface area contributed by atoms with Crippen LogP contribution in [-0.2, 0) is 25.6 Å². The first-order valence-corrected chi connectivity index (χ1v) is 11.1. The largest absolute Gasteiger partial charge is 0.480 e. The van der Waals surface area contributed by atoms with Crippen molar-refractivity contribution in [2.45, 2.75) is 77.0 Å². The highest BCUT2D eigenvalue weighted by Gasteiger charge is 2.30. The van der Waals surface area contributed by atoms with Crippen molar-refractivity contribution in [1.82, 2.24) is 25.9 Å². The lowest BCUT2D eigenvalue weighted by molar-refractivity contribution is -0.142. The zero-order valence-electron chi connectivity index (χ0n) is 19.5. The smallest absolute Gasteiger partial charge is 0.326 e. The molecular formula is C21H37N7O5. The van der Waals surface area contributed by atoms with Crippen LogP contribution in [0.3, 0.4) is 0 Å². The Balaban J connectivity index is 2.93. The van der Waals surface area contributed by atoms with Crippen molar-refractivity contribution in [3.8, 4) is 0 Å². The van der Waals surface area contributed by atoms with Gasteiger partial charge < -0.3 is 37.5 Å². The second kappa shape index (κ2) is 14.2. The summed E-state index contributed by atoms with van der Waals surface area (Å²) in [6, 6.07) is -3.88. The highest BCUT2D eigenvalue weighted by atomic mass is 16.4. The van der Waals surface area contributed by atoms with Crippen LogP contribution in [-0.4, -0.2) is 69.5 Å². The van der Waals surface area contributed by atoms with Crippen LogP contribution < -0.4 is 27.4 Å². The molecule has 0 saturated carbocycles. The predicted octanol–water partition coefficient (Wildman–Crippen LogP) is -0.986. The van der Waals surface area contributed by atoms with Gasteiger partial charge in [0.05, 0.1) is 12.4 Å². The summed E-state index contributed by atoms with van der Waals surface area (Å²) in [5.74, 6) is -2.83. The molecule has 3 amide bonds. The van der Waals surface area contributed by atoms with Gasteiger partial charge in [-0.1, -0.05) is 13.8 Å². The number of nitrogens with two attached hydrogens (primary N) is 2. The van der Waals surface area contributed by atoms with E-state index in [9.17, 15) is 24.3 Å². The summed E-state index contributed by atoms with van der Waals surface area (Å²) < 4.78 is 0. The number of aromatic nitrogens is 2. The van der Waals surface area contributed by atoms with Crippen LogP contribution in [0.1, 0.15) is 52.1 Å². The summed E-state index contributed by atoms with van der Waals surface area (Å²) in [5.41, 5.74) is 11.7. The Morgan fingerprint density at radius 3 is 2.12 bits per heavy atom. The minimum absolute atomic E-state index is 0.00950. The molecule has 1 rings (SSSR count). The van der Waals surface area contributed by atoms with Gasteiger partial charge in [-0.3, -0.25) is 14.4 Å². The van der Waals surface area contributed by atoms with Crippen LogP contribution in [0, 0.1) is 5.92 Å². The average molecular weight is 468 g/mol. The van der Waals surface area contributed by atoms with Gasteiger partial charge in [-0.15, -0.1) is 0 Å². The third kappa shape index (κ3) is 10.4. The van der Waals surface area contributed by atoms with Gasteiger partial charge in [0.25, 0.3) is 0 Å². The predicted molar refractivity (Wildman–Crippen MR) is 122 cm³/mol. The molecule has 33 heavy (non-hydrogen) atoms. The molecule has 9 N–H and O–H groups in total. The fourth-order valence-corrected chi connectivity index (χ4v) is 3.13. The van der Waals surface area contributed by atoms with Crippen molar-refractivity contribution in [3.05, 3.63) is 18.2 Å². The average Bonchev–Trinajstić information content (AvgIpc) is 3.24. The zero-order chi connectivity index (χ0) is 25.0. The topological polar surface area (TPSA) is 205 Å². The highest BCUT2D eigenvalue weighted by Crippen LogP contribution is 2.09. The summed E-state index contributed by atoms with van der Waals surface area (Å²) in [7, 11) is 0. The molecule has 0 saturated heterocycles. The molecule has 1 aromatic rings. The Hall–Kier alpha value is -2.99. The molecule has 186 valence electrons. The summed E-state index contributed by atoms with van der Waals surface area (Å²) in [6.45, 7) is 5.70. The molecular weight excluding hydrogens is 430 g/mol. The fraction of sp³-hybridized carbons (Fsp3) is 0.667. The van der Waals surface area contributed by atoms with Crippen LogP contribution in [0.4, 0.5) is 0 Å². The van der Waals surface area contributed by atoms with Gasteiger partial charge in [-0.05, 0) is 45.1 Å². The second-order valence-electron chi connectivity index (χ2n) is 8.51. The van der Waals surface area contributed by atoms with Gasteiger partial charge in [0.1, 0.15) is 18.1 Å². The van der Waals surface area contributed by atoms with Crippen LogP contribution >= 0.6 is 0 Å². The third-order valence-electron chi connectivity index (χ3n) is 4.93. The van der Waals surface area contributed by atoms with Crippen molar-refractivity contribution in [2.24, 2.45) is 17.4 Å². The summed E-state index contributed by atoms with van der Waals surface area (Å²) in [6.07, 6.45) is 4.78. The fourth-order valence-electron chi connectivity index (χ4n) is 3.13. The molecule has 0 aliphatic carbocycles. The lowest BCUT2D eigenvalue weighted by Gasteiger charge is -2.26. The number of hydrogen-bond acceptors (Lipinski definition) is 7. The molecule has 12 heteroatoms. The van der Waals surface area contributed by atoms with Crippen LogP contribution in [0.2, 0.25) is 0 Å². The normalized spacial score (nSPS) is 14.7. The van der Waals surface area contributed by atoms with Crippen LogP contribution in [0.25, 0.3) is 0 Å². The molecule has 0 spiro atoms. The number of rotatable bonds is 15. The Morgan fingerprint density at radius 2 is 1.61 bits per heavy atom. The van der Waals surface area contributed by atoms with E-state index < -0.39 is 47.9 Å². The maximum Gasteiger partial charge on any atom is 0.326 e. The van der Waals surface area contributed by atoms with E-state index in [0.29, 0.717) is 31.5 Å². The number of hydrogen-bond donors (Lipinski definition) is 7. The van der Waals surface area contributed by atoms with Crippen molar-refractivity contribution in [3.63, 3.8) is 0 Å². The highest BCUT2D eigenvalue weighted by molar-refractivity contribution is 5.94. The molecule has 0 aromatic carbocycles. The molecule has 0 aliphatic heterocycles. The van der Waals surface area contributed by atoms with E-state index in [-0.39, 0.29) is 18.8 Å². The molecule has 0 radical (unpaired) electrons. The molecule has 0 aliphatic rings. The van der Waals surface area contributed by atoms with Gasteiger partial charge in [0.15, 0.2) is 0 Å². The Kier molecular flexibility index (Phi) is 12.1. The number of nitrogens with one attached hydrogen (secondary N) is 4. The second-order valence-corrected chi connectivity index (χ2v) is 8.51. The standard InChI is InChI=1S/C21H37N7O5/c1-12(2)8-16(20(31)28-17(21(32)33)9-14-10-24-11-25-14)27-19(30)15(6-4-5-7-22)26-18(29)13(3)23/h10-13,15-17H,4-9,22-23H2,1-3H3,(H,24,25)(H,26,29)(H,27,30)(H,28,31)(H,32,33). The lowest BCUT2D eigenvalue weighted by Crippen LogP contribution is -2.57. The third-order valence-corrected chi connectivity index (χ3v) is 4.93. The first kappa shape index (κ1) is 28.0. The number of amides is 3. The number of H-pyrrole nitrogens is 1. The summed E-state index contributed by atoms with van der Waals surface area (Å²) in [4.78, 5) is 56.3. The van der Waals surface area contributed by atoms with E-state index in [2.05, 4.69) is 25.9 Å². The van der Waals surface area contributed by atoms with Crippen molar-refractivity contribution in [2.75, 3.05) is 6.54 Å². The van der Waals surface area contributed by atoms with Crippen molar-refractivity contribution < 1.29 is 24.3 Å². The SMILES string of the molecule is CC(C)CC(NC(=O)C(CCCCN)NC(=O)C(C)N)C(=O)NC(Cc1cnc[nH]1)C(=O)O. The van der Waals surface area contributed by atoms with Crippen molar-refractivity contribution in [1.29, 1.82) is 0 Å². The van der Waals surface area contributed by atoms with Crippen molar-refractivity contribution >= 4 is 23.7 Å². The van der Waals surface area contributed by atoms with Gasteiger partial charge in [-0.2, -0.15) is 0 Å². The van der Waals surface area contributed by atoms with E-state index in [4.69, 9.17) is 11.5 Å². The molecule has 0 bridgehead atoms. The quantitative estimate of drug-likeness (QED) is 0.159. The number of aliphatic carboxylic acids is 1. The van der Waals surface area contributed by atoms with E-state index in [0.717, 1.165) is 0 Å². The number of imidazole rings is 1. The van der Waals surface area contributed by atoms with E-state index in [1.54, 1.807) is 0 Å². The number of nitrogens with zero attached hydrogens (tertiary/aromatic N) is 1. The number of aromatic amines is 1. The Bertz CT molecular complexity index is 767. The molecule has 4 atom stereocenters. The van der Waals surface area contributed by atoms with Crippen LogP contribution in [0.5, 0.6) is 0 Å². The first-order chi connectivity index (χ1) is 15.5. The number of carboxylic acid groups (broad SMARTS) is 1. The Morgan fingerprint density at radius 1 is 1.00 bits per heavy atom. The van der Waals surface area contributed by atoms with E-state index in [1.165, 1.54) is 19.4 Å². The monoisotopic (exact) mass is 467 g/mol. The number of carbonyl (C=O) groups is 4. The van der Waals surface area contributed by atoms with Gasteiger partial charge >= 0.3 is 5.97 Å². The molecule has 1 aromatic heterocycles. The zero-order valence-corrected chi connectivity index (χ0v) is 19.5. The Labute approximate surface area is 193 Å². The molecule has 12 nitrogen and oxygen atoms in total. The van der Waals surface area contributed by atoms with Gasteiger partial charge in [0, 0.05) is 18.3 Å². The minimum Gasteiger partial charge on any atom is -0.480 e.